The van der Waals surface area contributed by atoms with Gasteiger partial charge >= 0.3 is 0 Å². The molecule has 0 aliphatic rings. The van der Waals surface area contributed by atoms with Crippen molar-refractivity contribution in [3.8, 4) is 11.6 Å². The van der Waals surface area contributed by atoms with Crippen molar-refractivity contribution in [3.63, 3.8) is 0 Å². The van der Waals surface area contributed by atoms with Gasteiger partial charge in [-0.25, -0.2) is 0 Å². The Kier molecular flexibility index (Phi) is 4.23. The van der Waals surface area contributed by atoms with Crippen molar-refractivity contribution in [1.29, 1.82) is 0 Å². The van der Waals surface area contributed by atoms with Gasteiger partial charge in [-0.05, 0) is 25.1 Å². The highest BCUT2D eigenvalue weighted by atomic mass is 16.5. The largest absolute Gasteiger partial charge is 0.439 e. The van der Waals surface area contributed by atoms with Gasteiger partial charge in [-0.15, -0.1) is 0 Å². The maximum absolute atomic E-state index is 5.78. The molecule has 0 radical (unpaired) electrons. The average Bonchev–Trinajstić information content (AvgIpc) is 2.40. The fraction of sp³-hybridized carbons (Fsp3) is 0.267. The summed E-state index contributed by atoms with van der Waals surface area (Å²) >= 11 is 0. The summed E-state index contributed by atoms with van der Waals surface area (Å²) in [6, 6.07) is 13.6. The van der Waals surface area contributed by atoms with Gasteiger partial charge in [0.25, 0.3) is 0 Å². The van der Waals surface area contributed by atoms with E-state index in [0.29, 0.717) is 5.88 Å². The molecule has 2 rings (SSSR count). The topological polar surface area (TPSA) is 37.4 Å². The van der Waals surface area contributed by atoms with Crippen LogP contribution in [0, 0.1) is 0 Å². The molecule has 4 nitrogen and oxygen atoms in total. The molecule has 0 aliphatic carbocycles. The highest BCUT2D eigenvalue weighted by molar-refractivity contribution is 5.50. The third kappa shape index (κ3) is 3.61. The first-order valence-electron chi connectivity index (χ1n) is 6.35. The van der Waals surface area contributed by atoms with Crippen LogP contribution in [0.25, 0.3) is 0 Å². The average molecular weight is 257 g/mol. The van der Waals surface area contributed by atoms with E-state index in [4.69, 9.17) is 4.74 Å². The third-order valence-corrected chi connectivity index (χ3v) is 2.64. The first-order valence-corrected chi connectivity index (χ1v) is 6.35. The van der Waals surface area contributed by atoms with E-state index in [1.54, 1.807) is 0 Å². The van der Waals surface area contributed by atoms with Gasteiger partial charge in [0.15, 0.2) is 0 Å². The van der Waals surface area contributed by atoms with Crippen molar-refractivity contribution in [2.24, 2.45) is 0 Å². The number of nitrogens with one attached hydrogen (secondary N) is 1. The molecular weight excluding hydrogens is 238 g/mol. The molecule has 100 valence electrons. The van der Waals surface area contributed by atoms with E-state index < -0.39 is 0 Å². The fourth-order valence-electron chi connectivity index (χ4n) is 1.70. The van der Waals surface area contributed by atoms with Crippen molar-refractivity contribution in [2.75, 3.05) is 30.9 Å². The molecule has 0 amide bonds. The van der Waals surface area contributed by atoms with E-state index in [9.17, 15) is 0 Å². The quantitative estimate of drug-likeness (QED) is 0.891. The van der Waals surface area contributed by atoms with Gasteiger partial charge in [-0.3, -0.25) is 0 Å². The zero-order chi connectivity index (χ0) is 13.7. The van der Waals surface area contributed by atoms with Gasteiger partial charge in [-0.1, -0.05) is 12.1 Å². The van der Waals surface area contributed by atoms with Crippen molar-refractivity contribution < 1.29 is 4.74 Å². The minimum absolute atomic E-state index is 0.592. The Labute approximate surface area is 114 Å². The molecular formula is C15H19N3O. The van der Waals surface area contributed by atoms with Gasteiger partial charge in [0.1, 0.15) is 11.6 Å². The molecule has 0 unspecified atom stereocenters. The highest BCUT2D eigenvalue weighted by Crippen LogP contribution is 2.24. The molecule has 0 bridgehead atoms. The summed E-state index contributed by atoms with van der Waals surface area (Å²) in [6.07, 6.45) is 0. The number of pyridine rings is 1. The Balaban J connectivity index is 2.16. The molecule has 4 heteroatoms. The normalized spacial score (nSPS) is 10.1. The lowest BCUT2D eigenvalue weighted by Crippen LogP contribution is -2.08. The summed E-state index contributed by atoms with van der Waals surface area (Å²) in [7, 11) is 4.01. The summed E-state index contributed by atoms with van der Waals surface area (Å²) in [5.41, 5.74) is 1.10. The van der Waals surface area contributed by atoms with Gasteiger partial charge in [-0.2, -0.15) is 4.98 Å². The number of benzene rings is 1. The number of anilines is 2. The monoisotopic (exact) mass is 257 g/mol. The van der Waals surface area contributed by atoms with Crippen LogP contribution in [0.5, 0.6) is 11.6 Å². The van der Waals surface area contributed by atoms with E-state index >= 15 is 0 Å². The molecule has 1 aromatic heterocycles. The van der Waals surface area contributed by atoms with Crippen LogP contribution in [0.3, 0.4) is 0 Å². The molecule has 1 heterocycles. The Bertz CT molecular complexity index is 540. The van der Waals surface area contributed by atoms with Crippen LogP contribution in [-0.2, 0) is 0 Å². The molecule has 0 fully saturated rings. The molecule has 0 saturated heterocycles. The van der Waals surface area contributed by atoms with Crippen LogP contribution < -0.4 is 15.0 Å². The standard InChI is InChI=1S/C15H19N3O/c1-4-16-14-9-6-10-15(17-14)19-13-8-5-7-12(11-13)18(2)3/h5-11H,4H2,1-3H3,(H,16,17). The lowest BCUT2D eigenvalue weighted by molar-refractivity contribution is 0.464. The Hall–Kier alpha value is -2.23. The first kappa shape index (κ1) is 13.2. The first-order chi connectivity index (χ1) is 9.19. The van der Waals surface area contributed by atoms with Crippen LogP contribution in [0.2, 0.25) is 0 Å². The second-order valence-corrected chi connectivity index (χ2v) is 4.39. The fourth-order valence-corrected chi connectivity index (χ4v) is 1.70. The minimum Gasteiger partial charge on any atom is -0.439 e. The zero-order valence-corrected chi connectivity index (χ0v) is 11.6. The van der Waals surface area contributed by atoms with E-state index in [1.165, 1.54) is 0 Å². The summed E-state index contributed by atoms with van der Waals surface area (Å²) in [6.45, 7) is 2.88. The Morgan fingerprint density at radius 3 is 2.68 bits per heavy atom. The Morgan fingerprint density at radius 2 is 1.95 bits per heavy atom. The number of hydrogen-bond donors (Lipinski definition) is 1. The molecule has 0 spiro atoms. The van der Waals surface area contributed by atoms with Gasteiger partial charge in [0, 0.05) is 38.5 Å². The van der Waals surface area contributed by atoms with E-state index in [2.05, 4.69) is 10.3 Å². The maximum atomic E-state index is 5.78. The molecule has 2 aromatic rings. The van der Waals surface area contributed by atoms with Crippen molar-refractivity contribution in [1.82, 2.24) is 4.98 Å². The second kappa shape index (κ2) is 6.09. The predicted molar refractivity (Wildman–Crippen MR) is 79.2 cm³/mol. The summed E-state index contributed by atoms with van der Waals surface area (Å²) in [5, 5.41) is 3.16. The highest BCUT2D eigenvalue weighted by Gasteiger charge is 2.02. The summed E-state index contributed by atoms with van der Waals surface area (Å²) in [5.74, 6) is 2.20. The SMILES string of the molecule is CCNc1cccc(Oc2cccc(N(C)C)c2)n1. The number of nitrogens with zero attached hydrogens (tertiary/aromatic N) is 2. The van der Waals surface area contributed by atoms with Crippen LogP contribution >= 0.6 is 0 Å². The maximum Gasteiger partial charge on any atom is 0.221 e. The molecule has 0 atom stereocenters. The van der Waals surface area contributed by atoms with Crippen LogP contribution in [0.15, 0.2) is 42.5 Å². The molecule has 19 heavy (non-hydrogen) atoms. The van der Waals surface area contributed by atoms with E-state index in [0.717, 1.165) is 23.8 Å². The molecule has 0 aliphatic heterocycles. The number of ether oxygens (including phenoxy) is 1. The summed E-state index contributed by atoms with van der Waals surface area (Å²) in [4.78, 5) is 6.42. The molecule has 1 aromatic carbocycles. The number of hydrogen-bond acceptors (Lipinski definition) is 4. The van der Waals surface area contributed by atoms with E-state index in [1.807, 2.05) is 68.4 Å². The minimum atomic E-state index is 0.592. The zero-order valence-electron chi connectivity index (χ0n) is 11.6. The smallest absolute Gasteiger partial charge is 0.221 e. The van der Waals surface area contributed by atoms with Crippen molar-refractivity contribution >= 4 is 11.5 Å². The van der Waals surface area contributed by atoms with Crippen molar-refractivity contribution in [2.45, 2.75) is 6.92 Å². The van der Waals surface area contributed by atoms with E-state index in [-0.39, 0.29) is 0 Å². The van der Waals surface area contributed by atoms with Gasteiger partial charge in [0.05, 0.1) is 0 Å². The van der Waals surface area contributed by atoms with Crippen molar-refractivity contribution in [3.05, 3.63) is 42.5 Å². The summed E-state index contributed by atoms with van der Waals surface area (Å²) < 4.78 is 5.78. The lowest BCUT2D eigenvalue weighted by atomic mass is 10.3. The lowest BCUT2D eigenvalue weighted by Gasteiger charge is -2.13. The van der Waals surface area contributed by atoms with Gasteiger partial charge < -0.3 is 15.0 Å². The second-order valence-electron chi connectivity index (χ2n) is 4.39. The van der Waals surface area contributed by atoms with Gasteiger partial charge in [0.2, 0.25) is 5.88 Å². The number of aromatic nitrogens is 1. The van der Waals surface area contributed by atoms with Crippen LogP contribution in [0.4, 0.5) is 11.5 Å². The molecule has 1 N–H and O–H groups in total. The predicted octanol–water partition coefficient (Wildman–Crippen LogP) is 3.37. The van der Waals surface area contributed by atoms with Crippen LogP contribution in [-0.4, -0.2) is 25.6 Å². The number of rotatable bonds is 5. The Morgan fingerprint density at radius 1 is 1.16 bits per heavy atom. The van der Waals surface area contributed by atoms with Crippen LogP contribution in [0.1, 0.15) is 6.92 Å². The molecule has 0 saturated carbocycles. The third-order valence-electron chi connectivity index (χ3n) is 2.64.